The van der Waals surface area contributed by atoms with E-state index < -0.39 is 5.82 Å². The van der Waals surface area contributed by atoms with Crippen LogP contribution in [0.3, 0.4) is 0 Å². The highest BCUT2D eigenvalue weighted by molar-refractivity contribution is 5.75. The van der Waals surface area contributed by atoms with Crippen LogP contribution in [-0.4, -0.2) is 13.7 Å². The third-order valence-electron chi connectivity index (χ3n) is 3.11. The minimum atomic E-state index is -0.466. The van der Waals surface area contributed by atoms with Crippen LogP contribution in [0.4, 0.5) is 21.5 Å². The van der Waals surface area contributed by atoms with Gasteiger partial charge >= 0.3 is 0 Å². The molecule has 4 nitrogen and oxygen atoms in total. The van der Waals surface area contributed by atoms with E-state index in [0.29, 0.717) is 18.0 Å². The first kappa shape index (κ1) is 15.0. The molecule has 0 atom stereocenters. The van der Waals surface area contributed by atoms with Crippen molar-refractivity contribution < 1.29 is 13.9 Å². The van der Waals surface area contributed by atoms with Crippen molar-refractivity contribution in [2.75, 3.05) is 24.8 Å². The number of aryl methyl sites for hydroxylation is 1. The SMILES string of the molecule is CCOc1cc(Nc2ccc(OC)cc2C)c(N)cc1F. The van der Waals surface area contributed by atoms with Crippen LogP contribution in [-0.2, 0) is 0 Å². The van der Waals surface area contributed by atoms with Gasteiger partial charge in [0.15, 0.2) is 11.6 Å². The predicted octanol–water partition coefficient (Wildman–Crippen LogP) is 3.87. The Morgan fingerprint density at radius 1 is 1.19 bits per heavy atom. The number of methoxy groups -OCH3 is 1. The van der Waals surface area contributed by atoms with Gasteiger partial charge in [0.1, 0.15) is 5.75 Å². The molecule has 2 aromatic rings. The number of nitrogen functional groups attached to an aromatic ring is 1. The van der Waals surface area contributed by atoms with Crippen LogP contribution < -0.4 is 20.5 Å². The van der Waals surface area contributed by atoms with Gasteiger partial charge < -0.3 is 20.5 Å². The molecule has 2 aromatic carbocycles. The van der Waals surface area contributed by atoms with Gasteiger partial charge in [-0.05, 0) is 37.6 Å². The number of ether oxygens (including phenoxy) is 2. The molecule has 0 heterocycles. The van der Waals surface area contributed by atoms with Crippen molar-refractivity contribution in [3.05, 3.63) is 41.7 Å². The quantitative estimate of drug-likeness (QED) is 0.821. The average Bonchev–Trinajstić information content (AvgIpc) is 2.46. The number of nitrogens with one attached hydrogen (secondary N) is 1. The fraction of sp³-hybridized carbons (Fsp3) is 0.250. The van der Waals surface area contributed by atoms with Gasteiger partial charge in [0, 0.05) is 17.8 Å². The zero-order valence-corrected chi connectivity index (χ0v) is 12.4. The summed E-state index contributed by atoms with van der Waals surface area (Å²) in [6, 6.07) is 8.46. The molecule has 5 heteroatoms. The summed E-state index contributed by atoms with van der Waals surface area (Å²) in [4.78, 5) is 0. The van der Waals surface area contributed by atoms with Gasteiger partial charge in [0.2, 0.25) is 0 Å². The lowest BCUT2D eigenvalue weighted by Crippen LogP contribution is -2.02. The largest absolute Gasteiger partial charge is 0.497 e. The third kappa shape index (κ3) is 3.37. The predicted molar refractivity (Wildman–Crippen MR) is 83.0 cm³/mol. The molecule has 0 amide bonds. The van der Waals surface area contributed by atoms with E-state index in [1.807, 2.05) is 25.1 Å². The second-order valence-corrected chi connectivity index (χ2v) is 4.61. The number of halogens is 1. The monoisotopic (exact) mass is 290 g/mol. The molecule has 0 saturated heterocycles. The van der Waals surface area contributed by atoms with E-state index in [4.69, 9.17) is 15.2 Å². The molecule has 3 N–H and O–H groups in total. The first-order chi connectivity index (χ1) is 10.0. The second kappa shape index (κ2) is 6.35. The number of hydrogen-bond donors (Lipinski definition) is 2. The lowest BCUT2D eigenvalue weighted by molar-refractivity contribution is 0.322. The highest BCUT2D eigenvalue weighted by Gasteiger charge is 2.10. The topological polar surface area (TPSA) is 56.5 Å². The third-order valence-corrected chi connectivity index (χ3v) is 3.11. The van der Waals surface area contributed by atoms with E-state index in [-0.39, 0.29) is 5.75 Å². The summed E-state index contributed by atoms with van der Waals surface area (Å²) >= 11 is 0. The van der Waals surface area contributed by atoms with E-state index in [9.17, 15) is 4.39 Å². The Labute approximate surface area is 123 Å². The Hall–Kier alpha value is -2.43. The molecule has 0 aromatic heterocycles. The molecule has 2 rings (SSSR count). The van der Waals surface area contributed by atoms with Crippen molar-refractivity contribution in [2.45, 2.75) is 13.8 Å². The van der Waals surface area contributed by atoms with Gasteiger partial charge in [-0.2, -0.15) is 0 Å². The Bertz CT molecular complexity index is 644. The molecule has 0 bridgehead atoms. The summed E-state index contributed by atoms with van der Waals surface area (Å²) in [7, 11) is 1.62. The Balaban J connectivity index is 2.32. The van der Waals surface area contributed by atoms with Crippen LogP contribution in [0.15, 0.2) is 30.3 Å². The van der Waals surface area contributed by atoms with Crippen molar-refractivity contribution in [3.63, 3.8) is 0 Å². The van der Waals surface area contributed by atoms with E-state index in [0.717, 1.165) is 17.0 Å². The number of anilines is 3. The lowest BCUT2D eigenvalue weighted by atomic mass is 10.1. The maximum Gasteiger partial charge on any atom is 0.167 e. The number of rotatable bonds is 5. The summed E-state index contributed by atoms with van der Waals surface area (Å²) in [6.07, 6.45) is 0. The smallest absolute Gasteiger partial charge is 0.167 e. The van der Waals surface area contributed by atoms with Crippen LogP contribution in [0, 0.1) is 12.7 Å². The number of nitrogens with two attached hydrogens (primary N) is 1. The van der Waals surface area contributed by atoms with Crippen LogP contribution in [0.1, 0.15) is 12.5 Å². The van der Waals surface area contributed by atoms with E-state index in [2.05, 4.69) is 5.32 Å². The fourth-order valence-electron chi connectivity index (χ4n) is 1.99. The van der Waals surface area contributed by atoms with E-state index in [1.165, 1.54) is 6.07 Å². The van der Waals surface area contributed by atoms with Gasteiger partial charge in [-0.3, -0.25) is 0 Å². The second-order valence-electron chi connectivity index (χ2n) is 4.61. The molecule has 0 fully saturated rings. The molecule has 112 valence electrons. The molecule has 0 radical (unpaired) electrons. The summed E-state index contributed by atoms with van der Waals surface area (Å²) in [6.45, 7) is 4.15. The van der Waals surface area contributed by atoms with Gasteiger partial charge in [-0.15, -0.1) is 0 Å². The first-order valence-corrected chi connectivity index (χ1v) is 6.68. The molecular weight excluding hydrogens is 271 g/mol. The Kier molecular flexibility index (Phi) is 4.52. The van der Waals surface area contributed by atoms with Crippen LogP contribution in [0.25, 0.3) is 0 Å². The molecule has 0 aliphatic heterocycles. The van der Waals surface area contributed by atoms with E-state index in [1.54, 1.807) is 20.1 Å². The van der Waals surface area contributed by atoms with Crippen molar-refractivity contribution in [3.8, 4) is 11.5 Å². The van der Waals surface area contributed by atoms with Gasteiger partial charge in [0.25, 0.3) is 0 Å². The van der Waals surface area contributed by atoms with Gasteiger partial charge in [-0.25, -0.2) is 4.39 Å². The highest BCUT2D eigenvalue weighted by Crippen LogP contribution is 2.32. The molecule has 0 saturated carbocycles. The molecule has 21 heavy (non-hydrogen) atoms. The number of benzene rings is 2. The molecule has 0 unspecified atom stereocenters. The zero-order valence-electron chi connectivity index (χ0n) is 12.4. The zero-order chi connectivity index (χ0) is 15.4. The van der Waals surface area contributed by atoms with Gasteiger partial charge in [0.05, 0.1) is 25.1 Å². The molecule has 0 aliphatic rings. The van der Waals surface area contributed by atoms with Gasteiger partial charge in [-0.1, -0.05) is 0 Å². The summed E-state index contributed by atoms with van der Waals surface area (Å²) in [5, 5.41) is 3.19. The maximum absolute atomic E-state index is 13.7. The maximum atomic E-state index is 13.7. The summed E-state index contributed by atoms with van der Waals surface area (Å²) in [5.74, 6) is 0.492. The Morgan fingerprint density at radius 2 is 1.95 bits per heavy atom. The van der Waals surface area contributed by atoms with Crippen LogP contribution in [0.2, 0.25) is 0 Å². The van der Waals surface area contributed by atoms with Crippen LogP contribution >= 0.6 is 0 Å². The summed E-state index contributed by atoms with van der Waals surface area (Å²) in [5.41, 5.74) is 8.66. The van der Waals surface area contributed by atoms with Crippen molar-refractivity contribution >= 4 is 17.1 Å². The summed E-state index contributed by atoms with van der Waals surface area (Å²) < 4.78 is 24.1. The van der Waals surface area contributed by atoms with E-state index >= 15 is 0 Å². The molecule has 0 spiro atoms. The molecule has 0 aliphatic carbocycles. The Morgan fingerprint density at radius 3 is 2.57 bits per heavy atom. The van der Waals surface area contributed by atoms with Crippen molar-refractivity contribution in [1.29, 1.82) is 0 Å². The number of hydrogen-bond acceptors (Lipinski definition) is 4. The van der Waals surface area contributed by atoms with Crippen molar-refractivity contribution in [2.24, 2.45) is 0 Å². The highest BCUT2D eigenvalue weighted by atomic mass is 19.1. The molecular formula is C16H19FN2O2. The average molecular weight is 290 g/mol. The fourth-order valence-corrected chi connectivity index (χ4v) is 1.99. The van der Waals surface area contributed by atoms with Crippen LogP contribution in [0.5, 0.6) is 11.5 Å². The minimum absolute atomic E-state index is 0.181. The first-order valence-electron chi connectivity index (χ1n) is 6.68. The normalized spacial score (nSPS) is 10.3. The minimum Gasteiger partial charge on any atom is -0.497 e. The lowest BCUT2D eigenvalue weighted by Gasteiger charge is -2.14. The standard InChI is InChI=1S/C16H19FN2O2/c1-4-21-16-9-15(13(18)8-12(16)17)19-14-6-5-11(20-3)7-10(14)2/h5-9,19H,4,18H2,1-3H3. The van der Waals surface area contributed by atoms with Crippen molar-refractivity contribution in [1.82, 2.24) is 0 Å².